The van der Waals surface area contributed by atoms with Gasteiger partial charge in [-0.25, -0.2) is 0 Å². The first-order chi connectivity index (χ1) is 10.1. The quantitative estimate of drug-likeness (QED) is 0.798. The fraction of sp³-hybridized carbons (Fsp3) is 0.812. The third-order valence-corrected chi connectivity index (χ3v) is 3.94. The third kappa shape index (κ3) is 5.77. The van der Waals surface area contributed by atoms with E-state index in [-0.39, 0.29) is 0 Å². The van der Waals surface area contributed by atoms with E-state index < -0.39 is 0 Å². The summed E-state index contributed by atoms with van der Waals surface area (Å²) in [7, 11) is 2.18. The Morgan fingerprint density at radius 3 is 3.10 bits per heavy atom. The summed E-state index contributed by atoms with van der Waals surface area (Å²) in [5.74, 6) is 1.46. The van der Waals surface area contributed by atoms with Crippen molar-refractivity contribution < 1.29 is 9.26 Å². The van der Waals surface area contributed by atoms with Gasteiger partial charge in [-0.15, -0.1) is 0 Å². The highest BCUT2D eigenvalue weighted by atomic mass is 16.5. The molecule has 5 heteroatoms. The molecule has 0 saturated carbocycles. The molecular weight excluding hydrogens is 266 g/mol. The second-order valence-electron chi connectivity index (χ2n) is 6.45. The number of ether oxygens (including phenoxy) is 1. The molecule has 1 aromatic rings. The Balaban J connectivity index is 1.65. The molecule has 0 aliphatic carbocycles. The predicted octanol–water partition coefficient (Wildman–Crippen LogP) is 2.42. The van der Waals surface area contributed by atoms with Gasteiger partial charge < -0.3 is 19.5 Å². The molecule has 1 fully saturated rings. The van der Waals surface area contributed by atoms with Gasteiger partial charge in [-0.1, -0.05) is 25.4 Å². The van der Waals surface area contributed by atoms with Crippen LogP contribution in [-0.4, -0.2) is 42.8 Å². The normalized spacial score (nSPS) is 20.3. The minimum Gasteiger partial charge on any atom is -0.372 e. The van der Waals surface area contributed by atoms with Crippen molar-refractivity contribution in [3.05, 3.63) is 17.5 Å². The van der Waals surface area contributed by atoms with Crippen LogP contribution in [0.4, 0.5) is 0 Å². The Morgan fingerprint density at radius 2 is 2.33 bits per heavy atom. The first-order valence-electron chi connectivity index (χ1n) is 8.08. The maximum absolute atomic E-state index is 5.79. The van der Waals surface area contributed by atoms with Crippen molar-refractivity contribution >= 4 is 0 Å². The molecule has 2 heterocycles. The van der Waals surface area contributed by atoms with Crippen molar-refractivity contribution in [3.8, 4) is 0 Å². The molecule has 0 amide bonds. The molecule has 0 spiro atoms. The van der Waals surface area contributed by atoms with E-state index in [2.05, 4.69) is 36.3 Å². The monoisotopic (exact) mass is 295 g/mol. The molecule has 1 unspecified atom stereocenters. The first-order valence-corrected chi connectivity index (χ1v) is 8.08. The standard InChI is InChI=1S/C16H29N3O2/c1-13(2)9-17-10-14-8-16(21-18-14)12-20-11-15-6-4-5-7-19(15)3/h8,13,15,17H,4-7,9-12H2,1-3H3. The van der Waals surface area contributed by atoms with Crippen LogP contribution in [0.3, 0.4) is 0 Å². The molecule has 0 bridgehead atoms. The number of piperidine rings is 1. The van der Waals surface area contributed by atoms with Crippen LogP contribution in [0.15, 0.2) is 10.6 Å². The van der Waals surface area contributed by atoms with Crippen LogP contribution < -0.4 is 5.32 Å². The largest absolute Gasteiger partial charge is 0.372 e. The van der Waals surface area contributed by atoms with Gasteiger partial charge in [0.2, 0.25) is 0 Å². The minimum atomic E-state index is 0.515. The van der Waals surface area contributed by atoms with Crippen molar-refractivity contribution in [3.63, 3.8) is 0 Å². The summed E-state index contributed by atoms with van der Waals surface area (Å²) in [6.07, 6.45) is 3.85. The first kappa shape index (κ1) is 16.5. The topological polar surface area (TPSA) is 50.5 Å². The molecule has 120 valence electrons. The number of aromatic nitrogens is 1. The van der Waals surface area contributed by atoms with Gasteiger partial charge >= 0.3 is 0 Å². The van der Waals surface area contributed by atoms with Crippen LogP contribution in [0, 0.1) is 5.92 Å². The van der Waals surface area contributed by atoms with Crippen molar-refractivity contribution in [2.45, 2.75) is 52.3 Å². The Kier molecular flexibility index (Phi) is 6.67. The molecule has 1 aliphatic heterocycles. The number of nitrogens with zero attached hydrogens (tertiary/aromatic N) is 2. The van der Waals surface area contributed by atoms with Gasteiger partial charge in [0.05, 0.1) is 12.3 Å². The lowest BCUT2D eigenvalue weighted by molar-refractivity contribution is 0.0354. The molecule has 5 nitrogen and oxygen atoms in total. The fourth-order valence-electron chi connectivity index (χ4n) is 2.65. The van der Waals surface area contributed by atoms with Gasteiger partial charge in [0.15, 0.2) is 5.76 Å². The van der Waals surface area contributed by atoms with Crippen molar-refractivity contribution in [2.24, 2.45) is 5.92 Å². The van der Waals surface area contributed by atoms with Gasteiger partial charge in [-0.05, 0) is 38.9 Å². The average molecular weight is 295 g/mol. The second-order valence-corrected chi connectivity index (χ2v) is 6.45. The molecule has 1 N–H and O–H groups in total. The number of likely N-dealkylation sites (N-methyl/N-ethyl adjacent to an activating group) is 1. The summed E-state index contributed by atoms with van der Waals surface area (Å²) in [6, 6.07) is 2.53. The Morgan fingerprint density at radius 1 is 1.48 bits per heavy atom. The van der Waals surface area contributed by atoms with E-state index in [0.29, 0.717) is 18.6 Å². The SMILES string of the molecule is CC(C)CNCc1cc(COCC2CCCCN2C)on1. The van der Waals surface area contributed by atoms with Gasteiger partial charge in [0, 0.05) is 18.7 Å². The number of likely N-dealkylation sites (tertiary alicyclic amines) is 1. The summed E-state index contributed by atoms with van der Waals surface area (Å²) < 4.78 is 11.1. The fourth-order valence-corrected chi connectivity index (χ4v) is 2.65. The zero-order valence-corrected chi connectivity index (χ0v) is 13.6. The Bertz CT molecular complexity index is 406. The maximum atomic E-state index is 5.79. The van der Waals surface area contributed by atoms with Crippen molar-refractivity contribution in [1.29, 1.82) is 0 Å². The highest BCUT2D eigenvalue weighted by Gasteiger charge is 2.18. The lowest BCUT2D eigenvalue weighted by Gasteiger charge is -2.31. The predicted molar refractivity (Wildman–Crippen MR) is 83.0 cm³/mol. The molecule has 1 aliphatic rings. The number of rotatable bonds is 8. The molecule has 1 saturated heterocycles. The number of hydrogen-bond acceptors (Lipinski definition) is 5. The van der Waals surface area contributed by atoms with Crippen LogP contribution in [0.1, 0.15) is 44.6 Å². The molecular formula is C16H29N3O2. The Hall–Kier alpha value is -0.910. The zero-order valence-electron chi connectivity index (χ0n) is 13.6. The lowest BCUT2D eigenvalue weighted by atomic mass is 10.0. The number of nitrogens with one attached hydrogen (secondary N) is 1. The minimum absolute atomic E-state index is 0.515. The third-order valence-electron chi connectivity index (χ3n) is 3.94. The van der Waals surface area contributed by atoms with Gasteiger partial charge in [0.25, 0.3) is 0 Å². The van der Waals surface area contributed by atoms with Gasteiger partial charge in [-0.2, -0.15) is 0 Å². The summed E-state index contributed by atoms with van der Waals surface area (Å²) in [5.41, 5.74) is 0.948. The van der Waals surface area contributed by atoms with Crippen LogP contribution in [-0.2, 0) is 17.9 Å². The van der Waals surface area contributed by atoms with E-state index >= 15 is 0 Å². The lowest BCUT2D eigenvalue weighted by Crippen LogP contribution is -2.39. The van der Waals surface area contributed by atoms with Gasteiger partial charge in [0.1, 0.15) is 6.61 Å². The highest BCUT2D eigenvalue weighted by Crippen LogP contribution is 2.15. The molecule has 0 radical (unpaired) electrons. The van der Waals surface area contributed by atoms with Crippen molar-refractivity contribution in [1.82, 2.24) is 15.4 Å². The van der Waals surface area contributed by atoms with E-state index in [1.165, 1.54) is 25.8 Å². The summed E-state index contributed by atoms with van der Waals surface area (Å²) in [5, 5.41) is 7.42. The van der Waals surface area contributed by atoms with Crippen LogP contribution >= 0.6 is 0 Å². The van der Waals surface area contributed by atoms with Crippen LogP contribution in [0.5, 0.6) is 0 Å². The molecule has 1 atom stereocenters. The highest BCUT2D eigenvalue weighted by molar-refractivity contribution is 5.04. The van der Waals surface area contributed by atoms with E-state index in [9.17, 15) is 0 Å². The molecule has 2 rings (SSSR count). The summed E-state index contributed by atoms with van der Waals surface area (Å²) in [6.45, 7) is 8.61. The van der Waals surface area contributed by atoms with E-state index in [0.717, 1.165) is 31.2 Å². The maximum Gasteiger partial charge on any atom is 0.162 e. The van der Waals surface area contributed by atoms with Crippen LogP contribution in [0.2, 0.25) is 0 Å². The number of hydrogen-bond donors (Lipinski definition) is 1. The molecule has 1 aromatic heterocycles. The average Bonchev–Trinajstić information content (AvgIpc) is 2.88. The molecule has 0 aromatic carbocycles. The molecule has 21 heavy (non-hydrogen) atoms. The van der Waals surface area contributed by atoms with E-state index in [4.69, 9.17) is 9.26 Å². The summed E-state index contributed by atoms with van der Waals surface area (Å²) >= 11 is 0. The van der Waals surface area contributed by atoms with E-state index in [1.54, 1.807) is 0 Å². The van der Waals surface area contributed by atoms with Crippen LogP contribution in [0.25, 0.3) is 0 Å². The second kappa shape index (κ2) is 8.51. The Labute approximate surface area is 128 Å². The smallest absolute Gasteiger partial charge is 0.162 e. The summed E-state index contributed by atoms with van der Waals surface area (Å²) in [4.78, 5) is 2.39. The van der Waals surface area contributed by atoms with E-state index in [1.807, 2.05) is 6.07 Å². The van der Waals surface area contributed by atoms with Crippen molar-refractivity contribution in [2.75, 3.05) is 26.7 Å². The van der Waals surface area contributed by atoms with Gasteiger partial charge in [-0.3, -0.25) is 0 Å². The zero-order chi connectivity index (χ0) is 15.1.